The molecule has 1 aliphatic heterocycles. The summed E-state index contributed by atoms with van der Waals surface area (Å²) >= 11 is 0. The molecule has 1 unspecified atom stereocenters. The molecule has 9 heavy (non-hydrogen) atoms. The van der Waals surface area contributed by atoms with Crippen molar-refractivity contribution in [2.24, 2.45) is 0 Å². The number of alkyl halides is 2. The van der Waals surface area contributed by atoms with Crippen molar-refractivity contribution < 1.29 is 13.6 Å². The van der Waals surface area contributed by atoms with Gasteiger partial charge in [-0.2, -0.15) is 8.78 Å². The molecule has 2 nitrogen and oxygen atoms in total. The Balaban J connectivity index is 2.70. The van der Waals surface area contributed by atoms with Crippen LogP contribution in [0.5, 0.6) is 0 Å². The molecule has 0 saturated carbocycles. The predicted octanol–water partition coefficient (Wildman–Crippen LogP) is 0.530. The number of halogens is 2. The molecule has 0 aromatic heterocycles. The van der Waals surface area contributed by atoms with Gasteiger partial charge in [-0.25, -0.2) is 0 Å². The van der Waals surface area contributed by atoms with Crippen molar-refractivity contribution in [3.63, 3.8) is 0 Å². The Morgan fingerprint density at radius 1 is 1.78 bits per heavy atom. The summed E-state index contributed by atoms with van der Waals surface area (Å²) in [5.74, 6) is -4.27. The third kappa shape index (κ3) is 1.01. The zero-order chi connectivity index (χ0) is 7.07. The van der Waals surface area contributed by atoms with E-state index in [-0.39, 0.29) is 12.5 Å². The van der Waals surface area contributed by atoms with Gasteiger partial charge in [0.25, 0.3) is 5.91 Å². The van der Waals surface area contributed by atoms with Crippen LogP contribution in [0.1, 0.15) is 13.3 Å². The predicted molar refractivity (Wildman–Crippen MR) is 27.2 cm³/mol. The van der Waals surface area contributed by atoms with Gasteiger partial charge in [-0.05, 0) is 6.92 Å². The first-order valence-electron chi connectivity index (χ1n) is 2.71. The van der Waals surface area contributed by atoms with E-state index in [9.17, 15) is 13.6 Å². The van der Waals surface area contributed by atoms with Crippen LogP contribution < -0.4 is 5.32 Å². The molecule has 0 radical (unpaired) electrons. The Labute approximate surface area is 51.2 Å². The number of hydrogen-bond donors (Lipinski definition) is 1. The van der Waals surface area contributed by atoms with Gasteiger partial charge < -0.3 is 5.32 Å². The third-order valence-electron chi connectivity index (χ3n) is 1.27. The number of amides is 1. The molecule has 1 N–H and O–H groups in total. The highest BCUT2D eigenvalue weighted by atomic mass is 19.3. The Hall–Kier alpha value is -0.670. The summed E-state index contributed by atoms with van der Waals surface area (Å²) in [6, 6.07) is -0.382. The van der Waals surface area contributed by atoms with E-state index in [1.54, 1.807) is 6.92 Å². The third-order valence-corrected chi connectivity index (χ3v) is 1.27. The minimum absolute atomic E-state index is 0.369. The molecule has 1 rings (SSSR count). The number of nitrogens with one attached hydrogen (secondary N) is 1. The molecule has 0 spiro atoms. The zero-order valence-corrected chi connectivity index (χ0v) is 4.95. The molecule has 1 saturated heterocycles. The van der Waals surface area contributed by atoms with E-state index in [4.69, 9.17) is 0 Å². The van der Waals surface area contributed by atoms with Crippen LogP contribution in [0.25, 0.3) is 0 Å². The molecule has 0 aromatic rings. The Kier molecular flexibility index (Phi) is 1.18. The summed E-state index contributed by atoms with van der Waals surface area (Å²) in [7, 11) is 0. The fourth-order valence-corrected chi connectivity index (χ4v) is 0.858. The van der Waals surface area contributed by atoms with Gasteiger partial charge in [0.15, 0.2) is 0 Å². The molecule has 1 heterocycles. The second kappa shape index (κ2) is 1.65. The van der Waals surface area contributed by atoms with Crippen molar-refractivity contribution in [1.82, 2.24) is 5.32 Å². The number of carbonyl (C=O) groups excluding carboxylic acids is 1. The standard InChI is InChI=1S/C5H7F2NO/c1-3-2-5(6,7)4(9)8-3/h3H,2H2,1H3,(H,8,9). The second-order valence-corrected chi connectivity index (χ2v) is 2.28. The molecular weight excluding hydrogens is 128 g/mol. The first-order valence-corrected chi connectivity index (χ1v) is 2.71. The highest BCUT2D eigenvalue weighted by molar-refractivity contribution is 5.85. The number of carbonyl (C=O) groups is 1. The fourth-order valence-electron chi connectivity index (χ4n) is 0.858. The molecule has 4 heteroatoms. The molecule has 0 bridgehead atoms. The van der Waals surface area contributed by atoms with Crippen molar-refractivity contribution in [3.05, 3.63) is 0 Å². The molecule has 1 aliphatic rings. The van der Waals surface area contributed by atoms with Crippen LogP contribution in [0.2, 0.25) is 0 Å². The van der Waals surface area contributed by atoms with Crippen LogP contribution >= 0.6 is 0 Å². The van der Waals surface area contributed by atoms with E-state index in [0.29, 0.717) is 0 Å². The fraction of sp³-hybridized carbons (Fsp3) is 0.800. The maximum absolute atomic E-state index is 12.2. The summed E-state index contributed by atoms with van der Waals surface area (Å²) in [4.78, 5) is 10.2. The van der Waals surface area contributed by atoms with E-state index in [0.717, 1.165) is 0 Å². The average Bonchev–Trinajstić information content (AvgIpc) is 1.79. The summed E-state index contributed by atoms with van der Waals surface area (Å²) in [5, 5.41) is 2.12. The van der Waals surface area contributed by atoms with E-state index in [2.05, 4.69) is 5.32 Å². The Bertz CT molecular complexity index is 146. The first kappa shape index (κ1) is 6.45. The van der Waals surface area contributed by atoms with Gasteiger partial charge in [-0.15, -0.1) is 0 Å². The summed E-state index contributed by atoms with van der Waals surface area (Å²) in [6.45, 7) is 1.55. The van der Waals surface area contributed by atoms with Crippen LogP contribution in [-0.2, 0) is 4.79 Å². The molecule has 0 aliphatic carbocycles. The van der Waals surface area contributed by atoms with Crippen LogP contribution in [-0.4, -0.2) is 17.9 Å². The maximum Gasteiger partial charge on any atom is 0.326 e. The lowest BCUT2D eigenvalue weighted by atomic mass is 10.2. The smallest absolute Gasteiger partial charge is 0.326 e. The van der Waals surface area contributed by atoms with Gasteiger partial charge in [0.2, 0.25) is 0 Å². The van der Waals surface area contributed by atoms with Crippen molar-refractivity contribution >= 4 is 5.91 Å². The largest absolute Gasteiger partial charge is 0.348 e. The molecule has 1 atom stereocenters. The first-order chi connectivity index (χ1) is 4.02. The van der Waals surface area contributed by atoms with Crippen LogP contribution in [0.4, 0.5) is 8.78 Å². The monoisotopic (exact) mass is 135 g/mol. The Morgan fingerprint density at radius 2 is 2.33 bits per heavy atom. The van der Waals surface area contributed by atoms with E-state index < -0.39 is 11.8 Å². The lowest BCUT2D eigenvalue weighted by molar-refractivity contribution is -0.139. The topological polar surface area (TPSA) is 29.1 Å². The van der Waals surface area contributed by atoms with Gasteiger partial charge in [0, 0.05) is 12.5 Å². The second-order valence-electron chi connectivity index (χ2n) is 2.28. The lowest BCUT2D eigenvalue weighted by Gasteiger charge is -2.00. The van der Waals surface area contributed by atoms with Gasteiger partial charge in [-0.1, -0.05) is 0 Å². The van der Waals surface area contributed by atoms with E-state index in [1.165, 1.54) is 0 Å². The van der Waals surface area contributed by atoms with Gasteiger partial charge in [-0.3, -0.25) is 4.79 Å². The normalized spacial score (nSPS) is 32.3. The van der Waals surface area contributed by atoms with Crippen molar-refractivity contribution in [3.8, 4) is 0 Å². The highest BCUT2D eigenvalue weighted by Crippen LogP contribution is 2.25. The van der Waals surface area contributed by atoms with Crippen LogP contribution in [0.15, 0.2) is 0 Å². The molecule has 1 fully saturated rings. The van der Waals surface area contributed by atoms with Crippen molar-refractivity contribution in [1.29, 1.82) is 0 Å². The summed E-state index contributed by atoms with van der Waals surface area (Å²) in [6.07, 6.45) is -0.369. The van der Waals surface area contributed by atoms with E-state index >= 15 is 0 Å². The van der Waals surface area contributed by atoms with Crippen molar-refractivity contribution in [2.45, 2.75) is 25.3 Å². The SMILES string of the molecule is CC1CC(F)(F)C(=O)N1. The lowest BCUT2D eigenvalue weighted by Crippen LogP contribution is -2.29. The average molecular weight is 135 g/mol. The highest BCUT2D eigenvalue weighted by Gasteiger charge is 2.46. The van der Waals surface area contributed by atoms with E-state index in [1.807, 2.05) is 0 Å². The molecular formula is C5H7F2NO. The summed E-state index contributed by atoms with van der Waals surface area (Å²) in [5.41, 5.74) is 0. The minimum Gasteiger partial charge on any atom is -0.348 e. The Morgan fingerprint density at radius 3 is 2.44 bits per heavy atom. The van der Waals surface area contributed by atoms with Gasteiger partial charge >= 0.3 is 5.92 Å². The maximum atomic E-state index is 12.2. The molecule has 1 amide bonds. The number of rotatable bonds is 0. The molecule has 0 aromatic carbocycles. The quantitative estimate of drug-likeness (QED) is 0.515. The van der Waals surface area contributed by atoms with Gasteiger partial charge in [0.1, 0.15) is 0 Å². The van der Waals surface area contributed by atoms with Gasteiger partial charge in [0.05, 0.1) is 0 Å². The minimum atomic E-state index is -3.13. The summed E-state index contributed by atoms with van der Waals surface area (Å²) < 4.78 is 24.4. The van der Waals surface area contributed by atoms with Crippen LogP contribution in [0.3, 0.4) is 0 Å². The molecule has 52 valence electrons. The van der Waals surface area contributed by atoms with Crippen molar-refractivity contribution in [2.75, 3.05) is 0 Å². The zero-order valence-electron chi connectivity index (χ0n) is 4.95. The van der Waals surface area contributed by atoms with Crippen LogP contribution in [0, 0.1) is 0 Å². The number of hydrogen-bond acceptors (Lipinski definition) is 1.